The largest absolute Gasteiger partial charge is 0.492 e. The van der Waals surface area contributed by atoms with Crippen molar-refractivity contribution < 1.29 is 14.6 Å². The summed E-state index contributed by atoms with van der Waals surface area (Å²) in [7, 11) is 1.88. The van der Waals surface area contributed by atoms with E-state index in [4.69, 9.17) is 21.4 Å². The first kappa shape index (κ1) is 18.1. The molecule has 0 saturated carbocycles. The summed E-state index contributed by atoms with van der Waals surface area (Å²) < 4.78 is 5.60. The quantitative estimate of drug-likeness (QED) is 0.554. The molecule has 0 heterocycles. The molecule has 0 atom stereocenters. The molecule has 1 rings (SSSR count). The Morgan fingerprint density at radius 1 is 1.41 bits per heavy atom. The van der Waals surface area contributed by atoms with Gasteiger partial charge in [-0.1, -0.05) is 23.8 Å². The minimum Gasteiger partial charge on any atom is -0.492 e. The molecule has 0 aliphatic rings. The van der Waals surface area contributed by atoms with Crippen LogP contribution >= 0.6 is 11.6 Å². The smallest absolute Gasteiger partial charge is 0.335 e. The standard InChI is InChI=1S/C17H22ClNO3/c1-11(2)14(12(3)19-4)6-5-9-22-16-10-13(17(20)21)7-8-15(16)18/h7-8,10,19H,1,5-6,9H2,2-4H3,(H,20,21)/b14-12-. The molecule has 0 saturated heterocycles. The van der Waals surface area contributed by atoms with Gasteiger partial charge in [-0.15, -0.1) is 0 Å². The van der Waals surface area contributed by atoms with Crippen LogP contribution in [0.15, 0.2) is 41.6 Å². The van der Waals surface area contributed by atoms with Crippen molar-refractivity contribution in [3.8, 4) is 5.75 Å². The van der Waals surface area contributed by atoms with Crippen LogP contribution in [0.5, 0.6) is 5.75 Å². The van der Waals surface area contributed by atoms with Crippen LogP contribution in [0.25, 0.3) is 0 Å². The van der Waals surface area contributed by atoms with Gasteiger partial charge < -0.3 is 15.2 Å². The molecule has 1 aromatic rings. The lowest BCUT2D eigenvalue weighted by atomic mass is 10.0. The van der Waals surface area contributed by atoms with Gasteiger partial charge in [-0.3, -0.25) is 0 Å². The Balaban J connectivity index is 2.63. The van der Waals surface area contributed by atoms with Crippen LogP contribution in [0.4, 0.5) is 0 Å². The molecule has 0 radical (unpaired) electrons. The number of halogens is 1. The highest BCUT2D eigenvalue weighted by Crippen LogP contribution is 2.26. The number of hydrogen-bond acceptors (Lipinski definition) is 3. The second-order valence-corrected chi connectivity index (χ2v) is 5.44. The first-order chi connectivity index (χ1) is 10.4. The van der Waals surface area contributed by atoms with Crippen molar-refractivity contribution in [1.82, 2.24) is 5.32 Å². The fraction of sp³-hybridized carbons (Fsp3) is 0.353. The zero-order chi connectivity index (χ0) is 16.7. The number of aromatic carboxylic acids is 1. The second-order valence-electron chi connectivity index (χ2n) is 5.04. The lowest BCUT2D eigenvalue weighted by molar-refractivity contribution is 0.0696. The van der Waals surface area contributed by atoms with Crippen LogP contribution in [-0.2, 0) is 0 Å². The summed E-state index contributed by atoms with van der Waals surface area (Å²) in [5, 5.41) is 12.5. The highest BCUT2D eigenvalue weighted by Gasteiger charge is 2.09. The fourth-order valence-corrected chi connectivity index (χ4v) is 2.22. The van der Waals surface area contributed by atoms with Crippen LogP contribution in [-0.4, -0.2) is 24.7 Å². The normalized spacial score (nSPS) is 11.6. The number of carboxylic acids is 1. The van der Waals surface area contributed by atoms with E-state index in [9.17, 15) is 4.79 Å². The summed E-state index contributed by atoms with van der Waals surface area (Å²) >= 11 is 6.01. The van der Waals surface area contributed by atoms with E-state index in [1.807, 2.05) is 20.9 Å². The van der Waals surface area contributed by atoms with Crippen molar-refractivity contribution in [2.75, 3.05) is 13.7 Å². The number of hydrogen-bond donors (Lipinski definition) is 2. The number of benzene rings is 1. The minimum atomic E-state index is -1.00. The van der Waals surface area contributed by atoms with Crippen LogP contribution in [0.2, 0.25) is 5.02 Å². The number of carbonyl (C=O) groups is 1. The minimum absolute atomic E-state index is 0.160. The summed E-state index contributed by atoms with van der Waals surface area (Å²) in [6.45, 7) is 8.42. The van der Waals surface area contributed by atoms with Crippen molar-refractivity contribution in [3.05, 3.63) is 52.2 Å². The van der Waals surface area contributed by atoms with Crippen LogP contribution < -0.4 is 10.1 Å². The Morgan fingerprint density at radius 3 is 2.64 bits per heavy atom. The van der Waals surface area contributed by atoms with Crippen molar-refractivity contribution in [2.45, 2.75) is 26.7 Å². The molecule has 120 valence electrons. The van der Waals surface area contributed by atoms with Crippen molar-refractivity contribution in [3.63, 3.8) is 0 Å². The molecular formula is C17H22ClNO3. The molecule has 0 fully saturated rings. The monoisotopic (exact) mass is 323 g/mol. The van der Waals surface area contributed by atoms with Crippen molar-refractivity contribution in [2.24, 2.45) is 0 Å². The van der Waals surface area contributed by atoms with Gasteiger partial charge in [-0.05, 0) is 50.5 Å². The number of ether oxygens (including phenoxy) is 1. The summed E-state index contributed by atoms with van der Waals surface area (Å²) in [5.41, 5.74) is 3.46. The molecular weight excluding hydrogens is 302 g/mol. The van der Waals surface area contributed by atoms with Gasteiger partial charge in [-0.2, -0.15) is 0 Å². The maximum absolute atomic E-state index is 10.9. The number of allylic oxidation sites excluding steroid dienone is 3. The lowest BCUT2D eigenvalue weighted by Gasteiger charge is -2.13. The van der Waals surface area contributed by atoms with Crippen LogP contribution in [0.3, 0.4) is 0 Å². The number of nitrogens with one attached hydrogen (secondary N) is 1. The second kappa shape index (κ2) is 8.49. The third kappa shape index (κ3) is 5.11. The van der Waals surface area contributed by atoms with Crippen LogP contribution in [0, 0.1) is 0 Å². The van der Waals surface area contributed by atoms with Gasteiger partial charge in [-0.25, -0.2) is 4.79 Å². The Bertz CT molecular complexity index is 594. The molecule has 0 bridgehead atoms. The van der Waals surface area contributed by atoms with E-state index in [2.05, 4.69) is 11.9 Å². The van der Waals surface area contributed by atoms with E-state index in [1.54, 1.807) is 0 Å². The summed E-state index contributed by atoms with van der Waals surface area (Å²) in [6, 6.07) is 4.43. The van der Waals surface area contributed by atoms with E-state index in [0.29, 0.717) is 17.4 Å². The molecule has 0 aliphatic carbocycles. The number of rotatable bonds is 8. The predicted molar refractivity (Wildman–Crippen MR) is 89.7 cm³/mol. The molecule has 0 aromatic heterocycles. The summed E-state index contributed by atoms with van der Waals surface area (Å²) in [6.07, 6.45) is 1.62. The Hall–Kier alpha value is -1.94. The third-order valence-electron chi connectivity index (χ3n) is 3.35. The first-order valence-electron chi connectivity index (χ1n) is 7.05. The summed E-state index contributed by atoms with van der Waals surface area (Å²) in [4.78, 5) is 10.9. The Kier molecular flexibility index (Phi) is 6.99. The topological polar surface area (TPSA) is 58.6 Å². The van der Waals surface area contributed by atoms with E-state index in [1.165, 1.54) is 23.8 Å². The zero-order valence-electron chi connectivity index (χ0n) is 13.2. The van der Waals surface area contributed by atoms with E-state index in [-0.39, 0.29) is 5.56 Å². The van der Waals surface area contributed by atoms with E-state index >= 15 is 0 Å². The molecule has 0 amide bonds. The average molecular weight is 324 g/mol. The van der Waals surface area contributed by atoms with Gasteiger partial charge in [0.05, 0.1) is 17.2 Å². The van der Waals surface area contributed by atoms with Crippen LogP contribution in [0.1, 0.15) is 37.0 Å². The average Bonchev–Trinajstić information content (AvgIpc) is 2.47. The number of carboxylic acid groups (broad SMARTS) is 1. The fourth-order valence-electron chi connectivity index (χ4n) is 2.05. The van der Waals surface area contributed by atoms with Gasteiger partial charge in [0, 0.05) is 12.7 Å². The highest BCUT2D eigenvalue weighted by atomic mass is 35.5. The molecule has 2 N–H and O–H groups in total. The molecule has 22 heavy (non-hydrogen) atoms. The molecule has 0 spiro atoms. The zero-order valence-corrected chi connectivity index (χ0v) is 14.0. The Labute approximate surface area is 136 Å². The molecule has 0 unspecified atom stereocenters. The third-order valence-corrected chi connectivity index (χ3v) is 3.66. The van der Waals surface area contributed by atoms with Gasteiger partial charge in [0.25, 0.3) is 0 Å². The van der Waals surface area contributed by atoms with Gasteiger partial charge in [0.1, 0.15) is 5.75 Å². The molecule has 5 heteroatoms. The SMILES string of the molecule is C=C(C)/C(CCCOc1cc(C(=O)O)ccc1Cl)=C(/C)NC. The van der Waals surface area contributed by atoms with Gasteiger partial charge >= 0.3 is 5.97 Å². The van der Waals surface area contributed by atoms with Crippen molar-refractivity contribution in [1.29, 1.82) is 0 Å². The molecule has 0 aliphatic heterocycles. The summed E-state index contributed by atoms with van der Waals surface area (Å²) in [5.74, 6) is -0.605. The molecule has 4 nitrogen and oxygen atoms in total. The van der Waals surface area contributed by atoms with Gasteiger partial charge in [0.2, 0.25) is 0 Å². The highest BCUT2D eigenvalue weighted by molar-refractivity contribution is 6.32. The Morgan fingerprint density at radius 2 is 2.09 bits per heavy atom. The van der Waals surface area contributed by atoms with E-state index < -0.39 is 5.97 Å². The van der Waals surface area contributed by atoms with Gasteiger partial charge in [0.15, 0.2) is 0 Å². The predicted octanol–water partition coefficient (Wildman–Crippen LogP) is 4.27. The maximum atomic E-state index is 10.9. The first-order valence-corrected chi connectivity index (χ1v) is 7.43. The van der Waals surface area contributed by atoms with Crippen molar-refractivity contribution >= 4 is 17.6 Å². The maximum Gasteiger partial charge on any atom is 0.335 e. The molecule has 1 aromatic carbocycles. The van der Waals surface area contributed by atoms with E-state index in [0.717, 1.165) is 24.1 Å². The lowest BCUT2D eigenvalue weighted by Crippen LogP contribution is -2.08.